The Kier molecular flexibility index (Phi) is 7.70. The summed E-state index contributed by atoms with van der Waals surface area (Å²) < 4.78 is 39.6. The van der Waals surface area contributed by atoms with Gasteiger partial charge >= 0.3 is 12.2 Å². The summed E-state index contributed by atoms with van der Waals surface area (Å²) >= 11 is 0. The molecule has 2 N–H and O–H groups in total. The molecule has 31 heavy (non-hydrogen) atoms. The topological polar surface area (TPSA) is 61.4 Å². The lowest BCUT2D eigenvalue weighted by atomic mass is 10.1. The minimum absolute atomic E-state index is 0.143. The van der Waals surface area contributed by atoms with Gasteiger partial charge in [-0.15, -0.1) is 0 Å². The highest BCUT2D eigenvalue weighted by atomic mass is 19.4. The number of nitrogens with one attached hydrogen (secondary N) is 2. The van der Waals surface area contributed by atoms with Gasteiger partial charge in [-0.3, -0.25) is 4.79 Å². The lowest BCUT2D eigenvalue weighted by Gasteiger charge is -2.25. The van der Waals surface area contributed by atoms with Gasteiger partial charge < -0.3 is 15.5 Å². The second kappa shape index (κ2) is 9.85. The predicted molar refractivity (Wildman–Crippen MR) is 115 cm³/mol. The first-order valence-corrected chi connectivity index (χ1v) is 9.99. The fourth-order valence-electron chi connectivity index (χ4n) is 2.98. The zero-order chi connectivity index (χ0) is 23.2. The monoisotopic (exact) mass is 435 g/mol. The maximum absolute atomic E-state index is 13.2. The normalized spacial score (nSPS) is 11.7. The molecule has 2 aromatic rings. The minimum atomic E-state index is -4.51. The molecule has 0 aliphatic rings. The Labute approximate surface area is 180 Å². The molecule has 0 saturated heterocycles. The predicted octanol–water partition coefficient (Wildman–Crippen LogP) is 5.15. The van der Waals surface area contributed by atoms with Crippen LogP contribution in [0.25, 0.3) is 0 Å². The van der Waals surface area contributed by atoms with Crippen LogP contribution >= 0.6 is 0 Å². The summed E-state index contributed by atoms with van der Waals surface area (Å²) in [5, 5.41) is 5.47. The number of urea groups is 1. The summed E-state index contributed by atoms with van der Waals surface area (Å²) in [7, 11) is 0. The van der Waals surface area contributed by atoms with Crippen LogP contribution < -0.4 is 15.5 Å². The first-order valence-electron chi connectivity index (χ1n) is 9.99. The quantitative estimate of drug-likeness (QED) is 0.617. The number of halogens is 3. The fourth-order valence-corrected chi connectivity index (χ4v) is 2.98. The van der Waals surface area contributed by atoms with Crippen molar-refractivity contribution in [3.8, 4) is 0 Å². The molecule has 0 atom stereocenters. The third-order valence-electron chi connectivity index (χ3n) is 4.44. The first kappa shape index (κ1) is 24.2. The molecule has 0 spiro atoms. The van der Waals surface area contributed by atoms with Crippen LogP contribution in [0, 0.1) is 6.92 Å². The molecular weight excluding hydrogens is 407 g/mol. The number of alkyl halides is 3. The summed E-state index contributed by atoms with van der Waals surface area (Å²) in [5.41, 5.74) is 0.0811. The molecule has 3 amide bonds. The lowest BCUT2D eigenvalue weighted by Crippen LogP contribution is -2.47. The second-order valence-electron chi connectivity index (χ2n) is 8.30. The number of hydrogen-bond donors (Lipinski definition) is 2. The van der Waals surface area contributed by atoms with Crippen molar-refractivity contribution in [1.82, 2.24) is 10.6 Å². The Balaban J connectivity index is 2.20. The molecule has 2 rings (SSSR count). The van der Waals surface area contributed by atoms with E-state index in [1.165, 1.54) is 17.0 Å². The van der Waals surface area contributed by atoms with Gasteiger partial charge in [0, 0.05) is 29.9 Å². The van der Waals surface area contributed by atoms with E-state index in [1.807, 2.05) is 20.8 Å². The zero-order valence-corrected chi connectivity index (χ0v) is 18.1. The van der Waals surface area contributed by atoms with Gasteiger partial charge in [0.15, 0.2) is 0 Å². The Hall–Kier alpha value is -3.03. The number of carbonyl (C=O) groups excluding carboxylic acids is 2. The highest BCUT2D eigenvalue weighted by molar-refractivity contribution is 6.07. The molecule has 2 aromatic carbocycles. The Bertz CT molecular complexity index is 921. The first-order chi connectivity index (χ1) is 14.4. The van der Waals surface area contributed by atoms with Crippen LogP contribution in [0.3, 0.4) is 0 Å². The van der Waals surface area contributed by atoms with Crippen LogP contribution in [0.2, 0.25) is 0 Å². The SMILES string of the molecule is Cc1ccccc1C(=O)N(CCCNC(=O)NC(C)(C)C)c1cccc(C(F)(F)F)c1. The van der Waals surface area contributed by atoms with Crippen molar-refractivity contribution in [2.24, 2.45) is 0 Å². The molecule has 168 valence electrons. The van der Waals surface area contributed by atoms with E-state index in [-0.39, 0.29) is 24.8 Å². The molecule has 0 heterocycles. The Morgan fingerprint density at radius 3 is 2.29 bits per heavy atom. The third-order valence-corrected chi connectivity index (χ3v) is 4.44. The number of hydrogen-bond acceptors (Lipinski definition) is 2. The fraction of sp³-hybridized carbons (Fsp3) is 0.391. The summed E-state index contributed by atoms with van der Waals surface area (Å²) in [6.45, 7) is 7.73. The van der Waals surface area contributed by atoms with Gasteiger partial charge in [0.2, 0.25) is 0 Å². The van der Waals surface area contributed by atoms with Crippen molar-refractivity contribution in [3.05, 3.63) is 65.2 Å². The lowest BCUT2D eigenvalue weighted by molar-refractivity contribution is -0.137. The summed E-state index contributed by atoms with van der Waals surface area (Å²) in [4.78, 5) is 26.4. The van der Waals surface area contributed by atoms with E-state index in [9.17, 15) is 22.8 Å². The summed E-state index contributed by atoms with van der Waals surface area (Å²) in [6.07, 6.45) is -4.15. The van der Waals surface area contributed by atoms with Crippen molar-refractivity contribution in [3.63, 3.8) is 0 Å². The van der Waals surface area contributed by atoms with Crippen LogP contribution in [0.4, 0.5) is 23.7 Å². The summed E-state index contributed by atoms with van der Waals surface area (Å²) in [6, 6.07) is 11.3. The molecule has 0 aliphatic heterocycles. The second-order valence-corrected chi connectivity index (χ2v) is 8.30. The number of anilines is 1. The molecule has 0 unspecified atom stereocenters. The van der Waals surface area contributed by atoms with Crippen LogP contribution in [0.5, 0.6) is 0 Å². The van der Waals surface area contributed by atoms with E-state index >= 15 is 0 Å². The van der Waals surface area contributed by atoms with Crippen LogP contribution in [0.15, 0.2) is 48.5 Å². The average Bonchev–Trinajstić information content (AvgIpc) is 2.66. The van der Waals surface area contributed by atoms with E-state index in [0.717, 1.165) is 17.7 Å². The summed E-state index contributed by atoms with van der Waals surface area (Å²) in [5.74, 6) is -0.392. The van der Waals surface area contributed by atoms with Gasteiger partial charge in [-0.25, -0.2) is 4.79 Å². The maximum atomic E-state index is 13.2. The smallest absolute Gasteiger partial charge is 0.338 e. The maximum Gasteiger partial charge on any atom is 0.416 e. The molecular formula is C23H28F3N3O2. The highest BCUT2D eigenvalue weighted by Gasteiger charge is 2.31. The van der Waals surface area contributed by atoms with Gasteiger partial charge in [-0.1, -0.05) is 24.3 Å². The number of benzene rings is 2. The van der Waals surface area contributed by atoms with Crippen LogP contribution in [-0.4, -0.2) is 30.6 Å². The van der Waals surface area contributed by atoms with Gasteiger partial charge in [0.25, 0.3) is 5.91 Å². The number of aryl methyl sites for hydroxylation is 1. The average molecular weight is 435 g/mol. The molecule has 5 nitrogen and oxygen atoms in total. The number of carbonyl (C=O) groups is 2. The van der Waals surface area contributed by atoms with Gasteiger partial charge in [0.05, 0.1) is 5.56 Å². The molecule has 0 aliphatic carbocycles. The standard InChI is InChI=1S/C23H28F3N3O2/c1-16-9-5-6-12-19(16)20(30)29(14-8-13-27-21(31)28-22(2,3)4)18-11-7-10-17(15-18)23(24,25)26/h5-7,9-12,15H,8,13-14H2,1-4H3,(H2,27,28,31). The van der Waals surface area contributed by atoms with Gasteiger partial charge in [0.1, 0.15) is 0 Å². The van der Waals surface area contributed by atoms with Crippen molar-refractivity contribution in [2.75, 3.05) is 18.0 Å². The van der Waals surface area contributed by atoms with Gasteiger partial charge in [-0.2, -0.15) is 13.2 Å². The van der Waals surface area contributed by atoms with E-state index in [0.29, 0.717) is 12.0 Å². The zero-order valence-electron chi connectivity index (χ0n) is 18.1. The van der Waals surface area contributed by atoms with E-state index in [4.69, 9.17) is 0 Å². The largest absolute Gasteiger partial charge is 0.416 e. The molecule has 0 aromatic heterocycles. The minimum Gasteiger partial charge on any atom is -0.338 e. The molecule has 8 heteroatoms. The van der Waals surface area contributed by atoms with Crippen molar-refractivity contribution >= 4 is 17.6 Å². The van der Waals surface area contributed by atoms with Gasteiger partial charge in [-0.05, 0) is 63.9 Å². The van der Waals surface area contributed by atoms with E-state index in [1.54, 1.807) is 31.2 Å². The highest BCUT2D eigenvalue weighted by Crippen LogP contribution is 2.32. The molecule has 0 fully saturated rings. The third kappa shape index (κ3) is 7.31. The van der Waals surface area contributed by atoms with Crippen LogP contribution in [-0.2, 0) is 6.18 Å². The van der Waals surface area contributed by atoms with Crippen molar-refractivity contribution in [1.29, 1.82) is 0 Å². The molecule has 0 saturated carbocycles. The van der Waals surface area contributed by atoms with E-state index in [2.05, 4.69) is 10.6 Å². The van der Waals surface area contributed by atoms with E-state index < -0.39 is 23.2 Å². The van der Waals surface area contributed by atoms with Crippen molar-refractivity contribution < 1.29 is 22.8 Å². The Morgan fingerprint density at radius 1 is 1.00 bits per heavy atom. The number of amides is 3. The number of rotatable bonds is 6. The molecule has 0 bridgehead atoms. The Morgan fingerprint density at radius 2 is 1.68 bits per heavy atom. The number of nitrogens with zero attached hydrogens (tertiary/aromatic N) is 1. The van der Waals surface area contributed by atoms with Crippen molar-refractivity contribution in [2.45, 2.75) is 45.8 Å². The van der Waals surface area contributed by atoms with Crippen LogP contribution in [0.1, 0.15) is 48.7 Å². The molecule has 0 radical (unpaired) electrons.